The van der Waals surface area contributed by atoms with Crippen molar-refractivity contribution in [2.24, 2.45) is 0 Å². The Kier molecular flexibility index (Phi) is 5.14. The Hall–Kier alpha value is -3.70. The Bertz CT molecular complexity index is 1390. The number of ether oxygens (including phenoxy) is 1. The highest BCUT2D eigenvalue weighted by Crippen LogP contribution is 2.39. The molecular weight excluding hydrogens is 439 g/mol. The van der Waals surface area contributed by atoms with E-state index in [0.29, 0.717) is 5.52 Å². The third-order valence-electron chi connectivity index (χ3n) is 5.50. The molecule has 0 saturated carbocycles. The molecule has 1 aliphatic rings. The van der Waals surface area contributed by atoms with E-state index in [4.69, 9.17) is 4.74 Å². The maximum absolute atomic E-state index is 13.8. The number of fused-ring (bicyclic) bond motifs is 1. The number of aliphatic hydroxyl groups excluding tert-OH is 1. The molecule has 0 spiro atoms. The molecule has 4 aromatic rings. The lowest BCUT2D eigenvalue weighted by Gasteiger charge is -2.23. The van der Waals surface area contributed by atoms with Crippen LogP contribution in [0.2, 0.25) is 0 Å². The van der Waals surface area contributed by atoms with Crippen molar-refractivity contribution < 1.29 is 23.0 Å². The van der Waals surface area contributed by atoms with Crippen molar-refractivity contribution in [3.63, 3.8) is 0 Å². The minimum Gasteiger partial charge on any atom is -0.390 e. The van der Waals surface area contributed by atoms with Crippen LogP contribution in [-0.4, -0.2) is 48.9 Å². The molecule has 33 heavy (non-hydrogen) atoms. The number of hydrogen-bond donors (Lipinski definition) is 1. The van der Waals surface area contributed by atoms with Gasteiger partial charge in [0.25, 0.3) is 5.56 Å². The third-order valence-corrected chi connectivity index (χ3v) is 5.50. The van der Waals surface area contributed by atoms with Gasteiger partial charge in [-0.3, -0.25) is 19.3 Å². The minimum absolute atomic E-state index is 0.0123. The molecule has 0 aromatic carbocycles. The SMILES string of the molecule is O=c1c2ccncc2ncn1-c1c([C@@H]2COC[C@H]2O)cc(C(F)(F)F)nc1-c1cccnc1. The summed E-state index contributed by atoms with van der Waals surface area (Å²) in [6.07, 6.45) is 1.10. The van der Waals surface area contributed by atoms with Crippen molar-refractivity contribution in [2.45, 2.75) is 18.2 Å². The Labute approximate surface area is 184 Å². The molecular formula is C22H16F3N5O3. The highest BCUT2D eigenvalue weighted by molar-refractivity contribution is 5.78. The third kappa shape index (κ3) is 3.74. The minimum atomic E-state index is -4.76. The Morgan fingerprint density at radius 2 is 1.94 bits per heavy atom. The van der Waals surface area contributed by atoms with Crippen molar-refractivity contribution in [2.75, 3.05) is 13.2 Å². The van der Waals surface area contributed by atoms with Crippen LogP contribution in [0.1, 0.15) is 17.2 Å². The van der Waals surface area contributed by atoms with Crippen LogP contribution in [0.4, 0.5) is 13.2 Å². The normalized spacial score (nSPS) is 18.7. The van der Waals surface area contributed by atoms with Gasteiger partial charge in [-0.25, -0.2) is 9.97 Å². The van der Waals surface area contributed by atoms with Crippen LogP contribution in [0.25, 0.3) is 27.8 Å². The zero-order valence-electron chi connectivity index (χ0n) is 16.9. The van der Waals surface area contributed by atoms with Crippen molar-refractivity contribution >= 4 is 10.9 Å². The number of halogens is 3. The molecule has 0 amide bonds. The number of nitrogens with zero attached hydrogens (tertiary/aromatic N) is 5. The predicted molar refractivity (Wildman–Crippen MR) is 111 cm³/mol. The Morgan fingerprint density at radius 1 is 1.12 bits per heavy atom. The predicted octanol–water partition coefficient (Wildman–Crippen LogP) is 2.73. The number of aromatic nitrogens is 5. The van der Waals surface area contributed by atoms with Gasteiger partial charge in [0.05, 0.1) is 47.8 Å². The molecule has 1 N–H and O–H groups in total. The van der Waals surface area contributed by atoms with Gasteiger partial charge < -0.3 is 9.84 Å². The molecule has 0 radical (unpaired) electrons. The van der Waals surface area contributed by atoms with E-state index in [-0.39, 0.29) is 41.1 Å². The van der Waals surface area contributed by atoms with Gasteiger partial charge in [0.15, 0.2) is 0 Å². The number of aliphatic hydroxyl groups is 1. The summed E-state index contributed by atoms with van der Waals surface area (Å²) in [7, 11) is 0. The molecule has 2 atom stereocenters. The van der Waals surface area contributed by atoms with Crippen molar-refractivity contribution in [3.05, 3.63) is 77.0 Å². The first-order valence-corrected chi connectivity index (χ1v) is 9.94. The molecule has 0 bridgehead atoms. The second-order valence-electron chi connectivity index (χ2n) is 7.56. The van der Waals surface area contributed by atoms with Crippen molar-refractivity contribution in [1.82, 2.24) is 24.5 Å². The van der Waals surface area contributed by atoms with Gasteiger partial charge in [-0.15, -0.1) is 0 Å². The van der Waals surface area contributed by atoms with Crippen LogP contribution in [0.5, 0.6) is 0 Å². The standard InChI is InChI=1S/C22H16F3N5O3/c23-22(24,25)18-6-14(15-9-33-10-17(15)31)20(19(29-18)12-2-1-4-26-7-12)30-11-28-16-8-27-5-3-13(16)21(30)32/h1-8,11,15,17,31H,9-10H2/t15-,17+/m0/s1. The van der Waals surface area contributed by atoms with Crippen LogP contribution in [-0.2, 0) is 10.9 Å². The summed E-state index contributed by atoms with van der Waals surface area (Å²) in [6.45, 7) is -0.0474. The van der Waals surface area contributed by atoms with Crippen LogP contribution in [0.3, 0.4) is 0 Å². The fraction of sp³-hybridized carbons (Fsp3) is 0.227. The van der Waals surface area contributed by atoms with Gasteiger partial charge in [0.2, 0.25) is 0 Å². The summed E-state index contributed by atoms with van der Waals surface area (Å²) in [5.41, 5.74) is -0.985. The highest BCUT2D eigenvalue weighted by Gasteiger charge is 2.38. The summed E-state index contributed by atoms with van der Waals surface area (Å²) in [5, 5.41) is 10.7. The lowest BCUT2D eigenvalue weighted by molar-refractivity contribution is -0.141. The fourth-order valence-electron chi connectivity index (χ4n) is 3.91. The summed E-state index contributed by atoms with van der Waals surface area (Å²) >= 11 is 0. The summed E-state index contributed by atoms with van der Waals surface area (Å²) < 4.78 is 47.9. The van der Waals surface area contributed by atoms with E-state index < -0.39 is 29.5 Å². The second-order valence-corrected chi connectivity index (χ2v) is 7.56. The molecule has 1 saturated heterocycles. The van der Waals surface area contributed by atoms with Crippen LogP contribution >= 0.6 is 0 Å². The van der Waals surface area contributed by atoms with E-state index in [1.807, 2.05) is 0 Å². The Balaban J connectivity index is 1.89. The molecule has 0 aliphatic carbocycles. The van der Waals surface area contributed by atoms with Gasteiger partial charge in [-0.05, 0) is 29.8 Å². The maximum Gasteiger partial charge on any atom is 0.433 e. The van der Waals surface area contributed by atoms with Crippen molar-refractivity contribution in [1.29, 1.82) is 0 Å². The zero-order valence-corrected chi connectivity index (χ0v) is 16.9. The number of alkyl halides is 3. The van der Waals surface area contributed by atoms with Crippen LogP contribution in [0.15, 0.2) is 60.2 Å². The smallest absolute Gasteiger partial charge is 0.390 e. The largest absolute Gasteiger partial charge is 0.433 e. The first-order chi connectivity index (χ1) is 15.8. The fourth-order valence-corrected chi connectivity index (χ4v) is 3.91. The average Bonchev–Trinajstić information content (AvgIpc) is 3.24. The molecule has 11 heteroatoms. The van der Waals surface area contributed by atoms with Gasteiger partial charge in [0.1, 0.15) is 12.0 Å². The van der Waals surface area contributed by atoms with E-state index in [1.54, 1.807) is 12.1 Å². The maximum atomic E-state index is 13.8. The van der Waals surface area contributed by atoms with Crippen LogP contribution < -0.4 is 5.56 Å². The lowest BCUT2D eigenvalue weighted by atomic mass is 9.92. The highest BCUT2D eigenvalue weighted by atomic mass is 19.4. The van der Waals surface area contributed by atoms with Gasteiger partial charge in [-0.2, -0.15) is 13.2 Å². The Morgan fingerprint density at radius 3 is 2.64 bits per heavy atom. The first-order valence-electron chi connectivity index (χ1n) is 9.94. The zero-order chi connectivity index (χ0) is 23.2. The molecule has 5 heterocycles. The van der Waals surface area contributed by atoms with E-state index in [0.717, 1.165) is 10.6 Å². The summed E-state index contributed by atoms with van der Waals surface area (Å²) in [5.74, 6) is -0.806. The van der Waals surface area contributed by atoms with Gasteiger partial charge in [0, 0.05) is 30.1 Å². The van der Waals surface area contributed by atoms with Crippen molar-refractivity contribution in [3.8, 4) is 16.9 Å². The number of rotatable bonds is 3. The molecule has 0 unspecified atom stereocenters. The summed E-state index contributed by atoms with van der Waals surface area (Å²) in [4.78, 5) is 29.5. The number of pyridine rings is 3. The van der Waals surface area contributed by atoms with Crippen LogP contribution in [0, 0.1) is 0 Å². The summed E-state index contributed by atoms with van der Waals surface area (Å²) in [6, 6.07) is 5.45. The number of hydrogen-bond acceptors (Lipinski definition) is 7. The average molecular weight is 455 g/mol. The monoisotopic (exact) mass is 455 g/mol. The van der Waals surface area contributed by atoms with Gasteiger partial charge in [-0.1, -0.05) is 0 Å². The topological polar surface area (TPSA) is 103 Å². The van der Waals surface area contributed by atoms with E-state index in [9.17, 15) is 23.1 Å². The molecule has 168 valence electrons. The molecule has 1 aliphatic heterocycles. The van der Waals surface area contributed by atoms with E-state index in [2.05, 4.69) is 19.9 Å². The molecule has 4 aromatic heterocycles. The first kappa shape index (κ1) is 21.2. The van der Waals surface area contributed by atoms with E-state index in [1.165, 1.54) is 37.2 Å². The lowest BCUT2D eigenvalue weighted by Crippen LogP contribution is -2.26. The molecule has 1 fully saturated rings. The van der Waals surface area contributed by atoms with Gasteiger partial charge >= 0.3 is 6.18 Å². The van der Waals surface area contributed by atoms with E-state index >= 15 is 0 Å². The second kappa shape index (κ2) is 8.01. The molecule has 5 rings (SSSR count). The quantitative estimate of drug-likeness (QED) is 0.507. The molecule has 8 nitrogen and oxygen atoms in total.